The lowest BCUT2D eigenvalue weighted by molar-refractivity contribution is -0.124. The van der Waals surface area contributed by atoms with Gasteiger partial charge in [-0.25, -0.2) is 13.9 Å². The molecule has 1 unspecified atom stereocenters. The van der Waals surface area contributed by atoms with Crippen LogP contribution in [0.25, 0.3) is 5.69 Å². The van der Waals surface area contributed by atoms with Gasteiger partial charge in [-0.1, -0.05) is 24.3 Å². The Morgan fingerprint density at radius 3 is 2.68 bits per heavy atom. The molecule has 1 amide bonds. The molecular formula is C21H16FN5O3S. The van der Waals surface area contributed by atoms with Crippen LogP contribution in [0.2, 0.25) is 0 Å². The van der Waals surface area contributed by atoms with Gasteiger partial charge in [0.05, 0.1) is 17.3 Å². The number of aromatic nitrogens is 4. The number of thiophene rings is 1. The van der Waals surface area contributed by atoms with E-state index in [0.717, 1.165) is 10.4 Å². The van der Waals surface area contributed by atoms with Crippen molar-refractivity contribution in [1.82, 2.24) is 25.5 Å². The number of rotatable bonds is 7. The minimum atomic E-state index is -0.653. The highest BCUT2D eigenvalue weighted by Gasteiger charge is 2.19. The number of amides is 1. The maximum Gasteiger partial charge on any atom is 0.338 e. The summed E-state index contributed by atoms with van der Waals surface area (Å²) in [6.07, 6.45) is 1.40. The molecule has 10 heteroatoms. The smallest absolute Gasteiger partial charge is 0.338 e. The number of carbonyl (C=O) groups excluding carboxylic acids is 2. The topological polar surface area (TPSA) is 99.0 Å². The number of tetrazole rings is 1. The first kappa shape index (κ1) is 20.4. The Hall–Kier alpha value is -3.92. The highest BCUT2D eigenvalue weighted by atomic mass is 32.1. The van der Waals surface area contributed by atoms with Crippen molar-refractivity contribution in [2.24, 2.45) is 0 Å². The number of hydrogen-bond donors (Lipinski definition) is 1. The number of hydrogen-bond acceptors (Lipinski definition) is 7. The molecule has 0 saturated heterocycles. The van der Waals surface area contributed by atoms with Gasteiger partial charge in [-0.15, -0.1) is 16.4 Å². The zero-order valence-corrected chi connectivity index (χ0v) is 16.8. The Balaban J connectivity index is 1.41. The molecule has 1 atom stereocenters. The van der Waals surface area contributed by atoms with Crippen LogP contribution in [0.5, 0.6) is 0 Å². The van der Waals surface area contributed by atoms with Crippen LogP contribution in [0.1, 0.15) is 26.8 Å². The van der Waals surface area contributed by atoms with Crippen molar-refractivity contribution in [3.8, 4) is 5.69 Å². The molecule has 0 fully saturated rings. The van der Waals surface area contributed by atoms with Crippen molar-refractivity contribution in [2.75, 3.05) is 6.61 Å². The Morgan fingerprint density at radius 2 is 1.97 bits per heavy atom. The van der Waals surface area contributed by atoms with Crippen LogP contribution in [0.15, 0.2) is 72.4 Å². The number of nitrogens with one attached hydrogen (secondary N) is 1. The normalized spacial score (nSPS) is 11.6. The third-order valence-corrected chi connectivity index (χ3v) is 5.30. The van der Waals surface area contributed by atoms with E-state index in [4.69, 9.17) is 4.74 Å². The summed E-state index contributed by atoms with van der Waals surface area (Å²) >= 11 is 1.46. The first-order chi connectivity index (χ1) is 15.1. The molecule has 8 nitrogen and oxygen atoms in total. The molecule has 0 saturated carbocycles. The van der Waals surface area contributed by atoms with Crippen LogP contribution in [0.4, 0.5) is 4.39 Å². The standard InChI is InChI=1S/C21H16FN5O3S/c22-16-8-6-14(7-9-16)20(18-5-2-10-31-18)24-19(28)12-30-21(29)15-3-1-4-17(11-15)27-13-23-25-26-27/h1-11,13,20H,12H2,(H,24,28). The fourth-order valence-corrected chi connectivity index (χ4v) is 3.70. The molecule has 2 heterocycles. The van der Waals surface area contributed by atoms with Crippen LogP contribution < -0.4 is 5.32 Å². The van der Waals surface area contributed by atoms with Gasteiger partial charge in [-0.2, -0.15) is 0 Å². The van der Waals surface area contributed by atoms with Crippen LogP contribution >= 0.6 is 11.3 Å². The third kappa shape index (κ3) is 4.98. The van der Waals surface area contributed by atoms with Crippen molar-refractivity contribution < 1.29 is 18.7 Å². The highest BCUT2D eigenvalue weighted by molar-refractivity contribution is 7.10. The summed E-state index contributed by atoms with van der Waals surface area (Å²) in [5.41, 5.74) is 1.56. The second-order valence-corrected chi connectivity index (χ2v) is 7.43. The summed E-state index contributed by atoms with van der Waals surface area (Å²) in [5, 5.41) is 15.6. The maximum atomic E-state index is 13.3. The monoisotopic (exact) mass is 437 g/mol. The molecule has 0 radical (unpaired) electrons. The average Bonchev–Trinajstić information content (AvgIpc) is 3.51. The van der Waals surface area contributed by atoms with Crippen LogP contribution in [0.3, 0.4) is 0 Å². The average molecular weight is 437 g/mol. The van der Waals surface area contributed by atoms with Gasteiger partial charge in [0.2, 0.25) is 0 Å². The van der Waals surface area contributed by atoms with Crippen LogP contribution in [-0.2, 0) is 9.53 Å². The van der Waals surface area contributed by atoms with Crippen LogP contribution in [0, 0.1) is 5.82 Å². The molecule has 4 rings (SSSR count). The number of esters is 1. The summed E-state index contributed by atoms with van der Waals surface area (Å²) in [4.78, 5) is 25.8. The van der Waals surface area contributed by atoms with Crippen LogP contribution in [-0.4, -0.2) is 38.7 Å². The molecule has 1 N–H and O–H groups in total. The maximum absolute atomic E-state index is 13.3. The first-order valence-corrected chi connectivity index (χ1v) is 10.1. The van der Waals surface area contributed by atoms with E-state index in [-0.39, 0.29) is 11.4 Å². The summed E-state index contributed by atoms with van der Waals surface area (Å²) in [6.45, 7) is -0.461. The van der Waals surface area contributed by atoms with E-state index in [9.17, 15) is 14.0 Å². The summed E-state index contributed by atoms with van der Waals surface area (Å²) in [7, 11) is 0. The predicted octanol–water partition coefficient (Wildman–Crippen LogP) is 2.93. The Morgan fingerprint density at radius 1 is 1.13 bits per heavy atom. The molecule has 2 aromatic carbocycles. The van der Waals surface area contributed by atoms with Crippen molar-refractivity contribution in [3.05, 3.63) is 94.2 Å². The van der Waals surface area contributed by atoms with E-state index in [0.29, 0.717) is 5.69 Å². The molecule has 2 aromatic heterocycles. The molecule has 0 spiro atoms. The number of ether oxygens (including phenoxy) is 1. The Kier molecular flexibility index (Phi) is 6.08. The molecule has 0 aliphatic carbocycles. The van der Waals surface area contributed by atoms with Gasteiger partial charge in [0.1, 0.15) is 12.1 Å². The molecule has 156 valence electrons. The molecule has 31 heavy (non-hydrogen) atoms. The lowest BCUT2D eigenvalue weighted by atomic mass is 10.1. The van der Waals surface area contributed by atoms with E-state index in [1.807, 2.05) is 17.5 Å². The zero-order chi connectivity index (χ0) is 21.6. The van der Waals surface area contributed by atoms with Gasteiger partial charge in [0.25, 0.3) is 5.91 Å². The van der Waals surface area contributed by atoms with Gasteiger partial charge in [-0.05, 0) is 57.8 Å². The summed E-state index contributed by atoms with van der Waals surface area (Å²) in [5.74, 6) is -1.50. The Bertz CT molecular complexity index is 1160. The molecular weight excluding hydrogens is 421 g/mol. The molecule has 0 aliphatic rings. The van der Waals surface area contributed by atoms with Gasteiger partial charge in [-0.3, -0.25) is 4.79 Å². The second-order valence-electron chi connectivity index (χ2n) is 6.45. The largest absolute Gasteiger partial charge is 0.452 e. The van der Waals surface area contributed by atoms with Gasteiger partial charge >= 0.3 is 5.97 Å². The van der Waals surface area contributed by atoms with Gasteiger partial charge < -0.3 is 10.1 Å². The van der Waals surface area contributed by atoms with Gasteiger partial charge in [0.15, 0.2) is 6.61 Å². The Labute approximate surface area is 180 Å². The van der Waals surface area contributed by atoms with Gasteiger partial charge in [0, 0.05) is 4.88 Å². The number of benzene rings is 2. The third-order valence-electron chi connectivity index (χ3n) is 4.37. The van der Waals surface area contributed by atoms with E-state index in [1.54, 1.807) is 36.4 Å². The predicted molar refractivity (Wildman–Crippen MR) is 110 cm³/mol. The lowest BCUT2D eigenvalue weighted by Gasteiger charge is -2.18. The summed E-state index contributed by atoms with van der Waals surface area (Å²) < 4.78 is 19.9. The first-order valence-electron chi connectivity index (χ1n) is 9.19. The molecule has 0 bridgehead atoms. The molecule has 4 aromatic rings. The highest BCUT2D eigenvalue weighted by Crippen LogP contribution is 2.26. The fourth-order valence-electron chi connectivity index (χ4n) is 2.90. The number of carbonyl (C=O) groups is 2. The van der Waals surface area contributed by atoms with Crippen molar-refractivity contribution in [1.29, 1.82) is 0 Å². The zero-order valence-electron chi connectivity index (χ0n) is 16.0. The SMILES string of the molecule is O=C(COC(=O)c1cccc(-n2cnnn2)c1)NC(c1ccc(F)cc1)c1cccs1. The van der Waals surface area contributed by atoms with E-state index in [1.165, 1.54) is 34.5 Å². The minimum absolute atomic E-state index is 0.258. The number of halogens is 1. The fraction of sp³-hybridized carbons (Fsp3) is 0.0952. The number of nitrogens with zero attached hydrogens (tertiary/aromatic N) is 4. The second kappa shape index (κ2) is 9.26. The van der Waals surface area contributed by atoms with Crippen molar-refractivity contribution >= 4 is 23.2 Å². The summed E-state index contributed by atoms with van der Waals surface area (Å²) in [6, 6.07) is 15.7. The van der Waals surface area contributed by atoms with E-state index in [2.05, 4.69) is 20.8 Å². The lowest BCUT2D eigenvalue weighted by Crippen LogP contribution is -2.32. The van der Waals surface area contributed by atoms with E-state index >= 15 is 0 Å². The minimum Gasteiger partial charge on any atom is -0.452 e. The molecule has 0 aliphatic heterocycles. The quantitative estimate of drug-likeness (QED) is 0.447. The van der Waals surface area contributed by atoms with Crippen molar-refractivity contribution in [3.63, 3.8) is 0 Å². The van der Waals surface area contributed by atoms with Crippen molar-refractivity contribution in [2.45, 2.75) is 6.04 Å². The van der Waals surface area contributed by atoms with E-state index < -0.39 is 24.5 Å².